The van der Waals surface area contributed by atoms with Gasteiger partial charge in [-0.15, -0.1) is 0 Å². The van der Waals surface area contributed by atoms with Gasteiger partial charge in [0.2, 0.25) is 0 Å². The first kappa shape index (κ1) is 28.3. The van der Waals surface area contributed by atoms with Crippen molar-refractivity contribution >= 4 is 23.2 Å². The smallest absolute Gasteiger partial charge is 0.382 e. The number of carbonyl (C=O) groups is 2. The van der Waals surface area contributed by atoms with Crippen LogP contribution in [0.15, 0.2) is 36.4 Å². The van der Waals surface area contributed by atoms with Crippen LogP contribution in [0.25, 0.3) is 0 Å². The van der Waals surface area contributed by atoms with Crippen LogP contribution in [0.1, 0.15) is 58.0 Å². The lowest BCUT2D eigenvalue weighted by Gasteiger charge is -2.22. The second-order valence-corrected chi connectivity index (χ2v) is 8.48. The predicted octanol–water partition coefficient (Wildman–Crippen LogP) is 5.73. The number of alkyl halides is 6. The number of halogens is 6. The number of nitrogens with one attached hydrogen (secondary N) is 2. The second kappa shape index (κ2) is 11.8. The highest BCUT2D eigenvalue weighted by atomic mass is 19.4. The van der Waals surface area contributed by atoms with Gasteiger partial charge >= 0.3 is 12.4 Å². The van der Waals surface area contributed by atoms with E-state index in [4.69, 9.17) is 4.74 Å². The molecular weight excluding hydrogens is 504 g/mol. The molecule has 0 aromatic heterocycles. The standard InChI is InChI=1S/C25H27F6N3O3/c1-2-37-11-5-8-32-23(36)20-15-19(6-7-21(20)34-9-3-4-10-34)33-22(35)16-12-17(24(26,27)28)14-18(13-16)25(29,30)31/h6-7,12-15H,2-5,8-11H2,1H3,(H,32,36)(H,33,35). The van der Waals surface area contributed by atoms with Crippen molar-refractivity contribution in [3.63, 3.8) is 0 Å². The first-order valence-corrected chi connectivity index (χ1v) is 11.8. The first-order chi connectivity index (χ1) is 17.4. The van der Waals surface area contributed by atoms with Crippen LogP contribution in [0.4, 0.5) is 37.7 Å². The van der Waals surface area contributed by atoms with Gasteiger partial charge in [0.15, 0.2) is 0 Å². The van der Waals surface area contributed by atoms with Crippen molar-refractivity contribution < 1.29 is 40.7 Å². The Bertz CT molecular complexity index is 1080. The number of rotatable bonds is 9. The van der Waals surface area contributed by atoms with E-state index >= 15 is 0 Å². The van der Waals surface area contributed by atoms with Crippen LogP contribution in [0.5, 0.6) is 0 Å². The Morgan fingerprint density at radius 2 is 1.54 bits per heavy atom. The van der Waals surface area contributed by atoms with Gasteiger partial charge in [-0.25, -0.2) is 0 Å². The summed E-state index contributed by atoms with van der Waals surface area (Å²) < 4.78 is 84.3. The van der Waals surface area contributed by atoms with Crippen LogP contribution >= 0.6 is 0 Å². The molecule has 1 aliphatic rings. The van der Waals surface area contributed by atoms with Crippen LogP contribution < -0.4 is 15.5 Å². The van der Waals surface area contributed by atoms with Gasteiger partial charge in [0.05, 0.1) is 16.7 Å². The van der Waals surface area contributed by atoms with Crippen molar-refractivity contribution in [2.45, 2.75) is 38.5 Å². The van der Waals surface area contributed by atoms with Gasteiger partial charge in [-0.05, 0) is 62.6 Å². The summed E-state index contributed by atoms with van der Waals surface area (Å²) >= 11 is 0. The third-order valence-electron chi connectivity index (χ3n) is 5.75. The molecule has 0 radical (unpaired) electrons. The van der Waals surface area contributed by atoms with E-state index in [1.807, 2.05) is 11.8 Å². The molecule has 1 aliphatic heterocycles. The van der Waals surface area contributed by atoms with Crippen molar-refractivity contribution in [2.75, 3.05) is 43.1 Å². The molecule has 0 atom stereocenters. The largest absolute Gasteiger partial charge is 0.416 e. The molecule has 2 aromatic rings. The summed E-state index contributed by atoms with van der Waals surface area (Å²) in [6.07, 6.45) is -7.72. The number of ether oxygens (including phenoxy) is 1. The van der Waals surface area contributed by atoms with Crippen molar-refractivity contribution in [3.8, 4) is 0 Å². The topological polar surface area (TPSA) is 70.7 Å². The van der Waals surface area contributed by atoms with Crippen molar-refractivity contribution in [2.24, 2.45) is 0 Å². The number of hydrogen-bond acceptors (Lipinski definition) is 4. The molecule has 3 rings (SSSR count). The highest BCUT2D eigenvalue weighted by molar-refractivity contribution is 6.06. The van der Waals surface area contributed by atoms with E-state index in [-0.39, 0.29) is 17.3 Å². The van der Waals surface area contributed by atoms with E-state index < -0.39 is 40.9 Å². The maximum atomic E-state index is 13.2. The minimum absolute atomic E-state index is 0.0460. The molecule has 0 unspecified atom stereocenters. The summed E-state index contributed by atoms with van der Waals surface area (Å²) in [5, 5.41) is 5.09. The molecule has 37 heavy (non-hydrogen) atoms. The molecule has 0 bridgehead atoms. The lowest BCUT2D eigenvalue weighted by molar-refractivity contribution is -0.143. The number of nitrogens with zero attached hydrogens (tertiary/aromatic N) is 1. The first-order valence-electron chi connectivity index (χ1n) is 11.8. The van der Waals surface area contributed by atoms with Crippen LogP contribution in [0, 0.1) is 0 Å². The Hall–Kier alpha value is -3.28. The average molecular weight is 531 g/mol. The number of anilines is 2. The summed E-state index contributed by atoms with van der Waals surface area (Å²) in [6, 6.07) is 5.08. The zero-order valence-corrected chi connectivity index (χ0v) is 20.1. The monoisotopic (exact) mass is 531 g/mol. The minimum Gasteiger partial charge on any atom is -0.382 e. The van der Waals surface area contributed by atoms with E-state index in [9.17, 15) is 35.9 Å². The fourth-order valence-corrected chi connectivity index (χ4v) is 3.93. The van der Waals surface area contributed by atoms with Crippen molar-refractivity contribution in [3.05, 3.63) is 58.7 Å². The highest BCUT2D eigenvalue weighted by Crippen LogP contribution is 2.36. The average Bonchev–Trinajstić information content (AvgIpc) is 3.37. The zero-order chi connectivity index (χ0) is 27.2. The van der Waals surface area contributed by atoms with Gasteiger partial charge < -0.3 is 20.3 Å². The third-order valence-corrected chi connectivity index (χ3v) is 5.75. The van der Waals surface area contributed by atoms with E-state index in [0.717, 1.165) is 25.9 Å². The molecule has 0 spiro atoms. The van der Waals surface area contributed by atoms with Gasteiger partial charge in [-0.1, -0.05) is 0 Å². The van der Waals surface area contributed by atoms with Crippen LogP contribution in [-0.2, 0) is 17.1 Å². The molecular formula is C25H27F6N3O3. The van der Waals surface area contributed by atoms with E-state index in [1.165, 1.54) is 12.1 Å². The van der Waals surface area contributed by atoms with Crippen LogP contribution in [-0.4, -0.2) is 44.7 Å². The molecule has 12 heteroatoms. The summed E-state index contributed by atoms with van der Waals surface area (Å²) in [4.78, 5) is 27.6. The molecule has 2 N–H and O–H groups in total. The molecule has 0 aliphatic carbocycles. The molecule has 0 saturated carbocycles. The molecule has 202 valence electrons. The summed E-state index contributed by atoms with van der Waals surface area (Å²) in [5.41, 5.74) is -3.09. The molecule has 6 nitrogen and oxygen atoms in total. The lowest BCUT2D eigenvalue weighted by atomic mass is 10.0. The van der Waals surface area contributed by atoms with Gasteiger partial charge in [-0.2, -0.15) is 26.3 Å². The zero-order valence-electron chi connectivity index (χ0n) is 20.1. The maximum absolute atomic E-state index is 13.2. The molecule has 1 fully saturated rings. The Balaban J connectivity index is 1.87. The summed E-state index contributed by atoms with van der Waals surface area (Å²) in [7, 11) is 0. The lowest BCUT2D eigenvalue weighted by Crippen LogP contribution is -2.29. The molecule has 2 aromatic carbocycles. The predicted molar refractivity (Wildman–Crippen MR) is 126 cm³/mol. The fraction of sp³-hybridized carbons (Fsp3) is 0.440. The van der Waals surface area contributed by atoms with E-state index in [0.29, 0.717) is 44.0 Å². The quantitative estimate of drug-likeness (QED) is 0.320. The van der Waals surface area contributed by atoms with Gasteiger partial charge in [-0.3, -0.25) is 9.59 Å². The Kier molecular flexibility index (Phi) is 9.06. The summed E-state index contributed by atoms with van der Waals surface area (Å²) in [6.45, 7) is 4.64. The fourth-order valence-electron chi connectivity index (χ4n) is 3.93. The van der Waals surface area contributed by atoms with Crippen molar-refractivity contribution in [1.82, 2.24) is 5.32 Å². The van der Waals surface area contributed by atoms with Crippen LogP contribution in [0.2, 0.25) is 0 Å². The highest BCUT2D eigenvalue weighted by Gasteiger charge is 2.37. The third kappa shape index (κ3) is 7.61. The molecule has 1 saturated heterocycles. The van der Waals surface area contributed by atoms with E-state index in [1.54, 1.807) is 6.07 Å². The van der Waals surface area contributed by atoms with Gasteiger partial charge in [0.1, 0.15) is 0 Å². The van der Waals surface area contributed by atoms with E-state index in [2.05, 4.69) is 10.6 Å². The Labute approximate surface area is 210 Å². The number of hydrogen-bond donors (Lipinski definition) is 2. The normalized spacial score (nSPS) is 14.1. The second-order valence-electron chi connectivity index (χ2n) is 8.48. The number of carbonyl (C=O) groups excluding carboxylic acids is 2. The number of amides is 2. The number of benzene rings is 2. The Morgan fingerprint density at radius 1 is 0.919 bits per heavy atom. The maximum Gasteiger partial charge on any atom is 0.416 e. The minimum atomic E-state index is -5.08. The Morgan fingerprint density at radius 3 is 2.11 bits per heavy atom. The molecule has 2 amide bonds. The molecule has 1 heterocycles. The SMILES string of the molecule is CCOCCCNC(=O)c1cc(NC(=O)c2cc(C(F)(F)F)cc(C(F)(F)F)c2)ccc1N1CCCC1. The van der Waals surface area contributed by atoms with Crippen molar-refractivity contribution in [1.29, 1.82) is 0 Å². The van der Waals surface area contributed by atoms with Gasteiger partial charge in [0.25, 0.3) is 11.8 Å². The van der Waals surface area contributed by atoms with Crippen LogP contribution in [0.3, 0.4) is 0 Å². The summed E-state index contributed by atoms with van der Waals surface area (Å²) in [5.74, 6) is -1.60. The van der Waals surface area contributed by atoms with Gasteiger partial charge in [0, 0.05) is 49.8 Å².